The molecule has 1 aromatic carbocycles. The maximum Gasteiger partial charge on any atom is 0.126 e. The van der Waals surface area contributed by atoms with Gasteiger partial charge < -0.3 is 5.73 Å². The first-order chi connectivity index (χ1) is 9.55. The van der Waals surface area contributed by atoms with E-state index in [-0.39, 0.29) is 0 Å². The van der Waals surface area contributed by atoms with Crippen LogP contribution in [0, 0.1) is 5.41 Å². The summed E-state index contributed by atoms with van der Waals surface area (Å²) in [4.78, 5) is 0. The van der Waals surface area contributed by atoms with Crippen molar-refractivity contribution in [3.8, 4) is 11.1 Å². The Bertz CT molecular complexity index is 581. The summed E-state index contributed by atoms with van der Waals surface area (Å²) in [5.74, 6) is 1.34. The Balaban J connectivity index is 1.81. The van der Waals surface area contributed by atoms with Crippen molar-refractivity contribution in [2.24, 2.45) is 5.41 Å². The molecule has 0 amide bonds. The molecule has 1 aliphatic rings. The van der Waals surface area contributed by atoms with Gasteiger partial charge >= 0.3 is 0 Å². The zero-order valence-electron chi connectivity index (χ0n) is 12.3. The minimum Gasteiger partial charge on any atom is -0.384 e. The number of nitrogens with one attached hydrogen (secondary N) is 1. The van der Waals surface area contributed by atoms with E-state index in [2.05, 4.69) is 48.3 Å². The van der Waals surface area contributed by atoms with Gasteiger partial charge in [-0.05, 0) is 41.7 Å². The van der Waals surface area contributed by atoms with Crippen LogP contribution in [0.3, 0.4) is 0 Å². The average molecular weight is 269 g/mol. The van der Waals surface area contributed by atoms with E-state index in [0.29, 0.717) is 17.2 Å². The quantitative estimate of drug-likeness (QED) is 0.852. The Morgan fingerprint density at radius 3 is 2.60 bits per heavy atom. The number of aromatic amines is 1. The van der Waals surface area contributed by atoms with Gasteiger partial charge in [-0.15, -0.1) is 0 Å². The molecule has 1 aliphatic carbocycles. The number of hydrogen-bond acceptors (Lipinski definition) is 2. The van der Waals surface area contributed by atoms with Gasteiger partial charge in [0, 0.05) is 5.56 Å². The number of nitrogens with zero attached hydrogens (tertiary/aromatic N) is 1. The van der Waals surface area contributed by atoms with Gasteiger partial charge in [-0.3, -0.25) is 5.10 Å². The summed E-state index contributed by atoms with van der Waals surface area (Å²) in [6, 6.07) is 8.85. The number of hydrogen-bond donors (Lipinski definition) is 2. The Labute approximate surface area is 120 Å². The number of rotatable bonds is 2. The minimum atomic E-state index is 0.483. The van der Waals surface area contributed by atoms with E-state index in [9.17, 15) is 0 Å². The second-order valence-corrected chi connectivity index (χ2v) is 6.78. The fourth-order valence-corrected chi connectivity index (χ4v) is 3.44. The molecule has 0 radical (unpaired) electrons. The SMILES string of the molecule is CC1(C)CCCC(c2ccc(-c3cn[nH]c3N)cc2)C1. The molecule has 3 heteroatoms. The van der Waals surface area contributed by atoms with Crippen LogP contribution in [0.5, 0.6) is 0 Å². The van der Waals surface area contributed by atoms with Gasteiger partial charge in [0.25, 0.3) is 0 Å². The second-order valence-electron chi connectivity index (χ2n) is 6.78. The highest BCUT2D eigenvalue weighted by Gasteiger charge is 2.28. The molecule has 0 aliphatic heterocycles. The highest BCUT2D eigenvalue weighted by Crippen LogP contribution is 2.43. The molecule has 3 nitrogen and oxygen atoms in total. The molecular formula is C17H23N3. The topological polar surface area (TPSA) is 54.7 Å². The van der Waals surface area contributed by atoms with Crippen molar-refractivity contribution in [1.82, 2.24) is 10.2 Å². The first-order valence-corrected chi connectivity index (χ1v) is 7.44. The lowest BCUT2D eigenvalue weighted by atomic mass is 9.70. The second kappa shape index (κ2) is 4.97. The highest BCUT2D eigenvalue weighted by molar-refractivity contribution is 5.73. The lowest BCUT2D eigenvalue weighted by Gasteiger charge is -2.35. The van der Waals surface area contributed by atoms with Crippen molar-refractivity contribution in [1.29, 1.82) is 0 Å². The number of aromatic nitrogens is 2. The van der Waals surface area contributed by atoms with Crippen LogP contribution in [0.15, 0.2) is 30.5 Å². The Morgan fingerprint density at radius 2 is 2.00 bits per heavy atom. The summed E-state index contributed by atoms with van der Waals surface area (Å²) in [5.41, 5.74) is 9.94. The molecule has 3 rings (SSSR count). The van der Waals surface area contributed by atoms with E-state index in [4.69, 9.17) is 5.73 Å². The molecule has 3 N–H and O–H groups in total. The number of H-pyrrole nitrogens is 1. The first kappa shape index (κ1) is 13.2. The fraction of sp³-hybridized carbons (Fsp3) is 0.471. The van der Waals surface area contributed by atoms with Crippen LogP contribution in [0.4, 0.5) is 5.82 Å². The van der Waals surface area contributed by atoms with Crippen LogP contribution in [-0.4, -0.2) is 10.2 Å². The number of nitrogen functional groups attached to an aromatic ring is 1. The lowest BCUT2D eigenvalue weighted by Crippen LogP contribution is -2.21. The minimum absolute atomic E-state index is 0.483. The molecule has 1 aromatic heterocycles. The van der Waals surface area contributed by atoms with Gasteiger partial charge in [0.1, 0.15) is 5.82 Å². The number of nitrogens with two attached hydrogens (primary N) is 1. The standard InChI is InChI=1S/C17H23N3/c1-17(2)9-3-4-14(10-17)12-5-7-13(8-6-12)15-11-19-20-16(15)18/h5-8,11,14H,3-4,9-10H2,1-2H3,(H3,18,19,20). The summed E-state index contributed by atoms with van der Waals surface area (Å²) < 4.78 is 0. The molecule has 20 heavy (non-hydrogen) atoms. The normalized spacial score (nSPS) is 21.8. The Kier molecular flexibility index (Phi) is 3.28. The van der Waals surface area contributed by atoms with Gasteiger partial charge in [0.05, 0.1) is 6.20 Å². The summed E-state index contributed by atoms with van der Waals surface area (Å²) >= 11 is 0. The molecule has 1 atom stereocenters. The largest absolute Gasteiger partial charge is 0.384 e. The molecule has 1 unspecified atom stereocenters. The van der Waals surface area contributed by atoms with Crippen molar-refractivity contribution in [3.05, 3.63) is 36.0 Å². The molecule has 0 spiro atoms. The van der Waals surface area contributed by atoms with Gasteiger partial charge in [-0.1, -0.05) is 44.5 Å². The Morgan fingerprint density at radius 1 is 1.25 bits per heavy atom. The van der Waals surface area contributed by atoms with Crippen molar-refractivity contribution >= 4 is 5.82 Å². The third kappa shape index (κ3) is 2.58. The molecule has 2 aromatic rings. The van der Waals surface area contributed by atoms with Gasteiger partial charge in [-0.25, -0.2) is 0 Å². The molecule has 0 saturated heterocycles. The molecular weight excluding hydrogens is 246 g/mol. The summed E-state index contributed by atoms with van der Waals surface area (Å²) in [6.45, 7) is 4.78. The van der Waals surface area contributed by atoms with Crippen LogP contribution in [-0.2, 0) is 0 Å². The summed E-state index contributed by atoms with van der Waals surface area (Å²) in [5, 5.41) is 6.76. The van der Waals surface area contributed by atoms with Crippen LogP contribution < -0.4 is 5.73 Å². The van der Waals surface area contributed by atoms with Gasteiger partial charge in [0.15, 0.2) is 0 Å². The van der Waals surface area contributed by atoms with E-state index in [0.717, 1.165) is 11.1 Å². The zero-order valence-corrected chi connectivity index (χ0v) is 12.3. The zero-order chi connectivity index (χ0) is 14.2. The first-order valence-electron chi connectivity index (χ1n) is 7.44. The summed E-state index contributed by atoms with van der Waals surface area (Å²) in [7, 11) is 0. The maximum absolute atomic E-state index is 5.87. The van der Waals surface area contributed by atoms with Crippen LogP contribution >= 0.6 is 0 Å². The fourth-order valence-electron chi connectivity index (χ4n) is 3.44. The van der Waals surface area contributed by atoms with E-state index >= 15 is 0 Å². The van der Waals surface area contributed by atoms with Crippen molar-refractivity contribution in [2.45, 2.75) is 45.4 Å². The molecule has 1 saturated carbocycles. The van der Waals surface area contributed by atoms with Gasteiger partial charge in [0.2, 0.25) is 0 Å². The third-order valence-electron chi connectivity index (χ3n) is 4.57. The van der Waals surface area contributed by atoms with E-state index in [1.54, 1.807) is 6.20 Å². The smallest absolute Gasteiger partial charge is 0.126 e. The van der Waals surface area contributed by atoms with E-state index < -0.39 is 0 Å². The third-order valence-corrected chi connectivity index (χ3v) is 4.57. The number of benzene rings is 1. The van der Waals surface area contributed by atoms with E-state index in [1.807, 2.05) is 0 Å². The van der Waals surface area contributed by atoms with Crippen molar-refractivity contribution in [3.63, 3.8) is 0 Å². The molecule has 1 heterocycles. The average Bonchev–Trinajstić information content (AvgIpc) is 2.84. The molecule has 106 valence electrons. The lowest BCUT2D eigenvalue weighted by molar-refractivity contribution is 0.219. The number of anilines is 1. The maximum atomic E-state index is 5.87. The highest BCUT2D eigenvalue weighted by atomic mass is 15.1. The molecule has 0 bridgehead atoms. The van der Waals surface area contributed by atoms with Gasteiger partial charge in [-0.2, -0.15) is 5.10 Å². The predicted molar refractivity (Wildman–Crippen MR) is 83.4 cm³/mol. The van der Waals surface area contributed by atoms with Crippen LogP contribution in [0.2, 0.25) is 0 Å². The predicted octanol–water partition coefficient (Wildman–Crippen LogP) is 4.34. The molecule has 1 fully saturated rings. The summed E-state index contributed by atoms with van der Waals surface area (Å²) in [6.07, 6.45) is 7.09. The monoisotopic (exact) mass is 269 g/mol. The van der Waals surface area contributed by atoms with Crippen molar-refractivity contribution < 1.29 is 0 Å². The Hall–Kier alpha value is -1.77. The van der Waals surface area contributed by atoms with E-state index in [1.165, 1.54) is 31.2 Å². The van der Waals surface area contributed by atoms with Crippen LogP contribution in [0.25, 0.3) is 11.1 Å². The van der Waals surface area contributed by atoms with Crippen molar-refractivity contribution in [2.75, 3.05) is 5.73 Å². The van der Waals surface area contributed by atoms with Crippen LogP contribution in [0.1, 0.15) is 51.0 Å².